The van der Waals surface area contributed by atoms with Gasteiger partial charge < -0.3 is 9.80 Å². The molecule has 0 radical (unpaired) electrons. The van der Waals surface area contributed by atoms with Gasteiger partial charge in [0.1, 0.15) is 6.07 Å². The van der Waals surface area contributed by atoms with E-state index < -0.39 is 0 Å². The van der Waals surface area contributed by atoms with E-state index in [1.54, 1.807) is 6.07 Å². The maximum absolute atomic E-state index is 12.3. The zero-order valence-electron chi connectivity index (χ0n) is 12.0. The van der Waals surface area contributed by atoms with Crippen LogP contribution in [-0.2, 0) is 4.79 Å². The number of anilines is 1. The first-order valence-electron chi connectivity index (χ1n) is 7.20. The van der Waals surface area contributed by atoms with E-state index in [0.717, 1.165) is 31.6 Å². The zero-order chi connectivity index (χ0) is 14.4. The average Bonchev–Trinajstić information content (AvgIpc) is 2.76. The van der Waals surface area contributed by atoms with E-state index in [2.05, 4.69) is 6.07 Å². The number of likely N-dealkylation sites (tertiary alicyclic amines) is 1. The summed E-state index contributed by atoms with van der Waals surface area (Å²) in [4.78, 5) is 16.2. The molecule has 1 aromatic carbocycles. The first-order valence-corrected chi connectivity index (χ1v) is 7.20. The molecule has 1 fully saturated rings. The Balaban J connectivity index is 2.01. The summed E-state index contributed by atoms with van der Waals surface area (Å²) in [6.07, 6.45) is 4.64. The molecule has 0 bridgehead atoms. The smallest absolute Gasteiger partial charge is 0.242 e. The van der Waals surface area contributed by atoms with Crippen molar-refractivity contribution in [3.63, 3.8) is 0 Å². The number of nitrogens with zero attached hydrogens (tertiary/aromatic N) is 3. The molecule has 0 atom stereocenters. The highest BCUT2D eigenvalue weighted by molar-refractivity contribution is 5.82. The van der Waals surface area contributed by atoms with Crippen LogP contribution in [0.15, 0.2) is 24.3 Å². The number of carbonyl (C=O) groups is 1. The van der Waals surface area contributed by atoms with E-state index in [1.165, 1.54) is 12.8 Å². The second-order valence-corrected chi connectivity index (χ2v) is 5.28. The maximum Gasteiger partial charge on any atom is 0.242 e. The Kier molecular flexibility index (Phi) is 5.00. The largest absolute Gasteiger partial charge is 0.364 e. The Labute approximate surface area is 120 Å². The van der Waals surface area contributed by atoms with Gasteiger partial charge in [-0.1, -0.05) is 25.0 Å². The third kappa shape index (κ3) is 3.51. The van der Waals surface area contributed by atoms with Crippen LogP contribution in [0.5, 0.6) is 0 Å². The van der Waals surface area contributed by atoms with Crippen LogP contribution >= 0.6 is 0 Å². The lowest BCUT2D eigenvalue weighted by Gasteiger charge is -2.25. The average molecular weight is 271 g/mol. The van der Waals surface area contributed by atoms with Gasteiger partial charge in [0.15, 0.2) is 0 Å². The standard InChI is InChI=1S/C16H21N3O/c1-18(15-9-5-4-8-14(15)12-17)13-16(20)19-10-6-2-3-7-11-19/h4-5,8-9H,2-3,6-7,10-11,13H2,1H3. The Bertz CT molecular complexity index is 499. The Morgan fingerprint density at radius 1 is 1.25 bits per heavy atom. The third-order valence-electron chi connectivity index (χ3n) is 3.77. The third-order valence-corrected chi connectivity index (χ3v) is 3.77. The molecule has 1 aliphatic heterocycles. The molecule has 20 heavy (non-hydrogen) atoms. The second kappa shape index (κ2) is 6.95. The van der Waals surface area contributed by atoms with Crippen LogP contribution in [0.3, 0.4) is 0 Å². The zero-order valence-corrected chi connectivity index (χ0v) is 12.0. The lowest BCUT2D eigenvalue weighted by molar-refractivity contribution is -0.129. The summed E-state index contributed by atoms with van der Waals surface area (Å²) in [5.41, 5.74) is 1.43. The number of hydrogen-bond donors (Lipinski definition) is 0. The highest BCUT2D eigenvalue weighted by Gasteiger charge is 2.18. The van der Waals surface area contributed by atoms with Crippen LogP contribution in [0.25, 0.3) is 0 Å². The Hall–Kier alpha value is -2.02. The van der Waals surface area contributed by atoms with E-state index in [-0.39, 0.29) is 5.91 Å². The van der Waals surface area contributed by atoms with Crippen molar-refractivity contribution < 1.29 is 4.79 Å². The normalized spacial score (nSPS) is 15.3. The number of carbonyl (C=O) groups excluding carboxylic acids is 1. The molecule has 1 heterocycles. The van der Waals surface area contributed by atoms with Crippen LogP contribution in [0, 0.1) is 11.3 Å². The van der Waals surface area contributed by atoms with Crippen LogP contribution in [0.4, 0.5) is 5.69 Å². The fraction of sp³-hybridized carbons (Fsp3) is 0.500. The highest BCUT2D eigenvalue weighted by atomic mass is 16.2. The van der Waals surface area contributed by atoms with Crippen LogP contribution in [0.2, 0.25) is 0 Å². The fourth-order valence-corrected chi connectivity index (χ4v) is 2.61. The summed E-state index contributed by atoms with van der Waals surface area (Å²) < 4.78 is 0. The van der Waals surface area contributed by atoms with Crippen molar-refractivity contribution in [1.29, 1.82) is 5.26 Å². The summed E-state index contributed by atoms with van der Waals surface area (Å²) in [5.74, 6) is 0.155. The van der Waals surface area contributed by atoms with Gasteiger partial charge in [-0.15, -0.1) is 0 Å². The summed E-state index contributed by atoms with van der Waals surface area (Å²) in [6, 6.07) is 9.57. The predicted molar refractivity (Wildman–Crippen MR) is 79.5 cm³/mol. The van der Waals surface area contributed by atoms with Crippen molar-refractivity contribution in [3.8, 4) is 6.07 Å². The molecule has 0 spiro atoms. The van der Waals surface area contributed by atoms with Crippen molar-refractivity contribution in [2.24, 2.45) is 0 Å². The Morgan fingerprint density at radius 2 is 1.90 bits per heavy atom. The van der Waals surface area contributed by atoms with Gasteiger partial charge in [-0.3, -0.25) is 4.79 Å². The SMILES string of the molecule is CN(CC(=O)N1CCCCCC1)c1ccccc1C#N. The first kappa shape index (κ1) is 14.4. The molecule has 1 aromatic rings. The Morgan fingerprint density at radius 3 is 2.55 bits per heavy atom. The summed E-state index contributed by atoms with van der Waals surface area (Å²) in [7, 11) is 1.87. The molecule has 0 aromatic heterocycles. The number of likely N-dealkylation sites (N-methyl/N-ethyl adjacent to an activating group) is 1. The van der Waals surface area contributed by atoms with Crippen molar-refractivity contribution in [1.82, 2.24) is 4.90 Å². The van der Waals surface area contributed by atoms with E-state index in [1.807, 2.05) is 35.0 Å². The van der Waals surface area contributed by atoms with Crippen molar-refractivity contribution in [2.45, 2.75) is 25.7 Å². The minimum absolute atomic E-state index is 0.155. The lowest BCUT2D eigenvalue weighted by Crippen LogP contribution is -2.39. The second-order valence-electron chi connectivity index (χ2n) is 5.28. The van der Waals surface area contributed by atoms with E-state index in [4.69, 9.17) is 5.26 Å². The van der Waals surface area contributed by atoms with E-state index in [0.29, 0.717) is 12.1 Å². The number of benzene rings is 1. The van der Waals surface area contributed by atoms with Crippen LogP contribution < -0.4 is 4.90 Å². The molecule has 2 rings (SSSR count). The monoisotopic (exact) mass is 271 g/mol. The molecule has 1 aliphatic rings. The summed E-state index contributed by atoms with van der Waals surface area (Å²) in [6.45, 7) is 2.07. The molecule has 0 unspecified atom stereocenters. The summed E-state index contributed by atoms with van der Waals surface area (Å²) >= 11 is 0. The van der Waals surface area contributed by atoms with Crippen LogP contribution in [-0.4, -0.2) is 37.5 Å². The van der Waals surface area contributed by atoms with E-state index in [9.17, 15) is 4.79 Å². The number of rotatable bonds is 3. The van der Waals surface area contributed by atoms with Crippen LogP contribution in [0.1, 0.15) is 31.2 Å². The molecule has 4 heteroatoms. The summed E-state index contributed by atoms with van der Waals surface area (Å²) in [5, 5.41) is 9.12. The van der Waals surface area contributed by atoms with Gasteiger partial charge in [0, 0.05) is 20.1 Å². The van der Waals surface area contributed by atoms with Crippen molar-refractivity contribution >= 4 is 11.6 Å². The fourth-order valence-electron chi connectivity index (χ4n) is 2.61. The van der Waals surface area contributed by atoms with Gasteiger partial charge in [-0.2, -0.15) is 5.26 Å². The first-order chi connectivity index (χ1) is 9.72. The topological polar surface area (TPSA) is 47.3 Å². The van der Waals surface area contributed by atoms with Gasteiger partial charge in [0.2, 0.25) is 5.91 Å². The molecule has 4 nitrogen and oxygen atoms in total. The van der Waals surface area contributed by atoms with Gasteiger partial charge in [0.25, 0.3) is 0 Å². The molecule has 106 valence electrons. The lowest BCUT2D eigenvalue weighted by atomic mass is 10.2. The van der Waals surface area contributed by atoms with Gasteiger partial charge in [0.05, 0.1) is 17.8 Å². The number of amides is 1. The van der Waals surface area contributed by atoms with E-state index >= 15 is 0 Å². The van der Waals surface area contributed by atoms with Gasteiger partial charge >= 0.3 is 0 Å². The predicted octanol–water partition coefficient (Wildman–Crippen LogP) is 2.40. The number of hydrogen-bond acceptors (Lipinski definition) is 3. The van der Waals surface area contributed by atoms with Gasteiger partial charge in [-0.05, 0) is 25.0 Å². The highest BCUT2D eigenvalue weighted by Crippen LogP contribution is 2.18. The minimum atomic E-state index is 0.155. The van der Waals surface area contributed by atoms with Crippen molar-refractivity contribution in [2.75, 3.05) is 31.6 Å². The molecule has 0 N–H and O–H groups in total. The minimum Gasteiger partial charge on any atom is -0.364 e. The molecular formula is C16H21N3O. The molecule has 0 aliphatic carbocycles. The molecule has 1 saturated heterocycles. The maximum atomic E-state index is 12.3. The van der Waals surface area contributed by atoms with Gasteiger partial charge in [-0.25, -0.2) is 0 Å². The number of nitriles is 1. The molecule has 0 saturated carbocycles. The molecular weight excluding hydrogens is 250 g/mol. The van der Waals surface area contributed by atoms with Crippen molar-refractivity contribution in [3.05, 3.63) is 29.8 Å². The quantitative estimate of drug-likeness (QED) is 0.848. The number of para-hydroxylation sites is 1. The molecule has 1 amide bonds.